The Labute approximate surface area is 110 Å². The van der Waals surface area contributed by atoms with Crippen molar-refractivity contribution in [2.45, 2.75) is 44.6 Å². The molecule has 0 aromatic heterocycles. The average Bonchev–Trinajstić information content (AvgIpc) is 1.92. The zero-order valence-electron chi connectivity index (χ0n) is 5.63. The van der Waals surface area contributed by atoms with E-state index in [4.69, 9.17) is 40.8 Å². The normalized spacial score (nSPS) is 1.78. The van der Waals surface area contributed by atoms with E-state index in [1.54, 1.807) is 0 Å². The quantitative estimate of drug-likeness (QED) is 0.390. The maximum atomic E-state index is 8.35. The minimum atomic E-state index is 0. The second kappa shape index (κ2) is 1150. The summed E-state index contributed by atoms with van der Waals surface area (Å²) >= 11 is 0. The summed E-state index contributed by atoms with van der Waals surface area (Å²) in [6, 6.07) is 0. The molecule has 0 rings (SSSR count). The Morgan fingerprint density at radius 1 is 0.389 bits per heavy atom. The predicted molar refractivity (Wildman–Crippen MR) is 74.0 cm³/mol. The summed E-state index contributed by atoms with van der Waals surface area (Å²) in [4.78, 5) is 33.4. The number of hydrogen-bond acceptors (Lipinski definition) is 8. The third-order valence-electron chi connectivity index (χ3n) is 0. The van der Waals surface area contributed by atoms with Crippen LogP contribution in [0.25, 0.3) is 0 Å². The van der Waals surface area contributed by atoms with Gasteiger partial charge < -0.3 is 0 Å². The minimum absolute atomic E-state index is 0. The molecule has 0 radical (unpaired) electrons. The maximum absolute atomic E-state index is 8.35. The number of carbonyl (C=O) groups excluding carboxylic acids is 4. The van der Waals surface area contributed by atoms with Gasteiger partial charge in [0, 0.05) is 0 Å². The highest BCUT2D eigenvalue weighted by atomic mass is 16.1. The van der Waals surface area contributed by atoms with Gasteiger partial charge in [0.15, 0.2) is 0 Å². The van der Waals surface area contributed by atoms with Crippen molar-refractivity contribution < 1.29 is 19.2 Å². The van der Waals surface area contributed by atoms with Crippen LogP contribution in [0, 0.1) is 21.6 Å². The van der Waals surface area contributed by atoms with Gasteiger partial charge in [-0.25, -0.2) is 40.8 Å². The topological polar surface area (TPSA) is 164 Å². The van der Waals surface area contributed by atoms with Gasteiger partial charge in [-0.05, 0) is 0 Å². The lowest BCUT2D eigenvalue weighted by molar-refractivity contribution is 0.562. The lowest BCUT2D eigenvalue weighted by Gasteiger charge is -1.02. The third-order valence-corrected chi connectivity index (χ3v) is 0. The van der Waals surface area contributed by atoms with Crippen LogP contribution < -0.4 is 0 Å². The molecule has 0 bridgehead atoms. The van der Waals surface area contributed by atoms with Crippen molar-refractivity contribution >= 4 is 24.3 Å². The number of rotatable bonds is 0. The molecule has 0 fully saturated rings. The standard InChI is InChI=1S/4CHNO.6CH4/c4*2-1-3;;;;;;/h4*2H;6*1H4. The van der Waals surface area contributed by atoms with Gasteiger partial charge in [-0.2, -0.15) is 0 Å². The van der Waals surface area contributed by atoms with Gasteiger partial charge in [0.1, 0.15) is 0 Å². The van der Waals surface area contributed by atoms with Gasteiger partial charge in [0.2, 0.25) is 24.3 Å². The molecular weight excluding hydrogens is 240 g/mol. The summed E-state index contributed by atoms with van der Waals surface area (Å²) < 4.78 is 0. The largest absolute Gasteiger partial charge is 0.231 e. The fourth-order valence-electron chi connectivity index (χ4n) is 0. The number of nitrogens with one attached hydrogen (secondary N) is 4. The van der Waals surface area contributed by atoms with E-state index in [0.717, 1.165) is 24.3 Å². The van der Waals surface area contributed by atoms with Gasteiger partial charge >= 0.3 is 0 Å². The van der Waals surface area contributed by atoms with E-state index in [1.807, 2.05) is 0 Å². The summed E-state index contributed by atoms with van der Waals surface area (Å²) in [6.07, 6.45) is 3.00. The highest BCUT2D eigenvalue weighted by Crippen LogP contribution is 0.877. The zero-order chi connectivity index (χ0) is 10.8. The number of hydrogen-bond donors (Lipinski definition) is 4. The second-order valence-corrected chi connectivity index (χ2v) is 0.408. The monoisotopic (exact) mass is 268 g/mol. The molecule has 0 aliphatic heterocycles. The smallest absolute Gasteiger partial charge is 0.222 e. The van der Waals surface area contributed by atoms with Gasteiger partial charge in [-0.15, -0.1) is 0 Å². The van der Waals surface area contributed by atoms with E-state index in [0.29, 0.717) is 0 Å². The van der Waals surface area contributed by atoms with Crippen molar-refractivity contribution in [3.63, 3.8) is 0 Å². The molecule has 0 aromatic carbocycles. The van der Waals surface area contributed by atoms with Crippen molar-refractivity contribution in [1.82, 2.24) is 0 Å². The van der Waals surface area contributed by atoms with Gasteiger partial charge in [0.25, 0.3) is 0 Å². The first-order valence-electron chi connectivity index (χ1n) is 1.82. The third kappa shape index (κ3) is 345. The molecule has 0 atom stereocenters. The van der Waals surface area contributed by atoms with Crippen LogP contribution in [0.3, 0.4) is 0 Å². The first-order valence-corrected chi connectivity index (χ1v) is 1.82. The molecule has 0 heterocycles. The highest BCUT2D eigenvalue weighted by molar-refractivity contribution is 5.26. The summed E-state index contributed by atoms with van der Waals surface area (Å²) in [5.74, 6) is 0. The van der Waals surface area contributed by atoms with Gasteiger partial charge in [-0.1, -0.05) is 44.6 Å². The Kier molecular flexibility index (Phi) is 6850. The van der Waals surface area contributed by atoms with E-state index in [9.17, 15) is 0 Å². The lowest BCUT2D eigenvalue weighted by atomic mass is 11.7. The van der Waals surface area contributed by atoms with E-state index >= 15 is 0 Å². The molecule has 0 unspecified atom stereocenters. The minimum Gasteiger partial charge on any atom is -0.222 e. The van der Waals surface area contributed by atoms with Crippen molar-refractivity contribution in [3.8, 4) is 0 Å². The lowest BCUT2D eigenvalue weighted by Crippen LogP contribution is -1.16. The highest BCUT2D eigenvalue weighted by Gasteiger charge is 1.04. The van der Waals surface area contributed by atoms with Crippen molar-refractivity contribution in [2.24, 2.45) is 0 Å². The summed E-state index contributed by atoms with van der Waals surface area (Å²) in [5.41, 5.74) is 0. The van der Waals surface area contributed by atoms with Crippen LogP contribution in [-0.4, -0.2) is 24.3 Å². The van der Waals surface area contributed by atoms with Crippen molar-refractivity contribution in [1.29, 1.82) is 21.6 Å². The SMILES string of the molecule is C.C.C.C.C.C.N=C=O.N=C=O.N=C=O.N=C=O. The van der Waals surface area contributed by atoms with Gasteiger partial charge in [-0.3, -0.25) is 0 Å². The Hall–Kier alpha value is -2.48. The van der Waals surface area contributed by atoms with E-state index in [2.05, 4.69) is 0 Å². The van der Waals surface area contributed by atoms with Crippen molar-refractivity contribution in [3.05, 3.63) is 0 Å². The Bertz CT molecular complexity index is 158. The molecule has 0 amide bonds. The van der Waals surface area contributed by atoms with Crippen LogP contribution >= 0.6 is 0 Å². The van der Waals surface area contributed by atoms with Crippen LogP contribution in [-0.2, 0) is 19.2 Å². The first kappa shape index (κ1) is 107. The fourth-order valence-corrected chi connectivity index (χ4v) is 0. The van der Waals surface area contributed by atoms with E-state index in [1.165, 1.54) is 0 Å². The Morgan fingerprint density at radius 3 is 0.389 bits per heavy atom. The Morgan fingerprint density at radius 2 is 0.389 bits per heavy atom. The summed E-state index contributed by atoms with van der Waals surface area (Å²) in [6.45, 7) is 0. The second-order valence-electron chi connectivity index (χ2n) is 0.408. The van der Waals surface area contributed by atoms with Crippen LogP contribution in [0.15, 0.2) is 0 Å². The molecular formula is C10H28N4O4. The molecule has 0 saturated heterocycles. The fraction of sp³-hybridized carbons (Fsp3) is 0.600. The van der Waals surface area contributed by atoms with Crippen LogP contribution in [0.1, 0.15) is 44.6 Å². The molecule has 0 spiro atoms. The van der Waals surface area contributed by atoms with Crippen LogP contribution in [0.2, 0.25) is 0 Å². The molecule has 0 aliphatic carbocycles. The predicted octanol–water partition coefficient (Wildman–Crippen LogP) is 3.42. The molecule has 8 heteroatoms. The van der Waals surface area contributed by atoms with Gasteiger partial charge in [0.05, 0.1) is 0 Å². The van der Waals surface area contributed by atoms with Crippen LogP contribution in [0.4, 0.5) is 0 Å². The molecule has 4 N–H and O–H groups in total. The Balaban J connectivity index is -0.00000000533. The average molecular weight is 268 g/mol. The molecule has 0 aromatic rings. The molecule has 18 heavy (non-hydrogen) atoms. The first-order chi connectivity index (χ1) is 5.66. The molecule has 0 aliphatic rings. The number of isocyanates is 4. The summed E-state index contributed by atoms with van der Waals surface area (Å²) in [5, 5.41) is 21.6. The van der Waals surface area contributed by atoms with Crippen LogP contribution in [0.5, 0.6) is 0 Å². The van der Waals surface area contributed by atoms with E-state index < -0.39 is 0 Å². The maximum Gasteiger partial charge on any atom is 0.231 e. The molecule has 112 valence electrons. The van der Waals surface area contributed by atoms with E-state index in [-0.39, 0.29) is 44.6 Å². The zero-order valence-corrected chi connectivity index (χ0v) is 5.63. The summed E-state index contributed by atoms with van der Waals surface area (Å²) in [7, 11) is 0. The van der Waals surface area contributed by atoms with Crippen molar-refractivity contribution in [2.75, 3.05) is 0 Å². The molecule has 0 saturated carbocycles. The molecule has 8 nitrogen and oxygen atoms in total.